The summed E-state index contributed by atoms with van der Waals surface area (Å²) in [5.74, 6) is 1.34. The molecule has 2 atom stereocenters. The first-order chi connectivity index (χ1) is 9.85. The zero-order valence-electron chi connectivity index (χ0n) is 13.1. The van der Waals surface area contributed by atoms with Crippen LogP contribution in [0.5, 0.6) is 0 Å². The largest absolute Gasteiger partial charge is 0.356 e. The van der Waals surface area contributed by atoms with Gasteiger partial charge in [0.25, 0.3) is 0 Å². The smallest absolute Gasteiger partial charge is 0.160 e. The molecule has 0 spiro atoms. The lowest BCUT2D eigenvalue weighted by molar-refractivity contribution is -0.164. The van der Waals surface area contributed by atoms with Gasteiger partial charge in [0.1, 0.15) is 0 Å². The van der Waals surface area contributed by atoms with Crippen molar-refractivity contribution < 1.29 is 9.47 Å². The number of hydrogen-bond acceptors (Lipinski definition) is 2. The highest BCUT2D eigenvalue weighted by Crippen LogP contribution is 2.35. The second-order valence-corrected chi connectivity index (χ2v) is 6.14. The zero-order valence-corrected chi connectivity index (χ0v) is 13.1. The van der Waals surface area contributed by atoms with Crippen LogP contribution in [-0.2, 0) is 9.47 Å². The van der Waals surface area contributed by atoms with Crippen LogP contribution in [0.25, 0.3) is 0 Å². The summed E-state index contributed by atoms with van der Waals surface area (Å²) >= 11 is 0. The third-order valence-corrected chi connectivity index (χ3v) is 4.79. The molecule has 2 aliphatic rings. The molecule has 2 nitrogen and oxygen atoms in total. The Morgan fingerprint density at radius 2 is 2.00 bits per heavy atom. The van der Waals surface area contributed by atoms with Gasteiger partial charge in [0.05, 0.1) is 6.61 Å². The van der Waals surface area contributed by atoms with E-state index in [-0.39, 0.29) is 6.29 Å². The highest BCUT2D eigenvalue weighted by molar-refractivity contribution is 5.22. The predicted octanol–water partition coefficient (Wildman–Crippen LogP) is 4.86. The van der Waals surface area contributed by atoms with E-state index in [4.69, 9.17) is 9.47 Å². The van der Waals surface area contributed by atoms with Gasteiger partial charge in [-0.2, -0.15) is 0 Å². The second kappa shape index (κ2) is 8.63. The fourth-order valence-electron chi connectivity index (χ4n) is 3.63. The highest BCUT2D eigenvalue weighted by Gasteiger charge is 2.30. The summed E-state index contributed by atoms with van der Waals surface area (Å²) in [4.78, 5) is 0. The fourth-order valence-corrected chi connectivity index (χ4v) is 3.63. The highest BCUT2D eigenvalue weighted by atomic mass is 16.7. The van der Waals surface area contributed by atoms with Gasteiger partial charge in [-0.1, -0.05) is 44.4 Å². The predicted molar refractivity (Wildman–Crippen MR) is 83.6 cm³/mol. The number of allylic oxidation sites excluding steroid dienone is 2. The van der Waals surface area contributed by atoms with Crippen molar-refractivity contribution in [3.8, 4) is 0 Å². The molecule has 0 aromatic heterocycles. The van der Waals surface area contributed by atoms with Gasteiger partial charge in [-0.05, 0) is 43.6 Å². The molecular weight excluding hydrogens is 248 g/mol. The molecule has 0 amide bonds. The molecule has 0 bridgehead atoms. The van der Waals surface area contributed by atoms with Crippen LogP contribution in [-0.4, -0.2) is 20.0 Å². The molecule has 1 saturated carbocycles. The van der Waals surface area contributed by atoms with Crippen LogP contribution in [0.15, 0.2) is 23.8 Å². The molecule has 2 unspecified atom stereocenters. The summed E-state index contributed by atoms with van der Waals surface area (Å²) in [6, 6.07) is 0. The van der Waals surface area contributed by atoms with Crippen LogP contribution in [0.4, 0.5) is 0 Å². The minimum absolute atomic E-state index is 0.0423. The van der Waals surface area contributed by atoms with Crippen molar-refractivity contribution in [3.05, 3.63) is 23.8 Å². The molecule has 114 valence electrons. The van der Waals surface area contributed by atoms with Gasteiger partial charge in [-0.25, -0.2) is 0 Å². The van der Waals surface area contributed by atoms with Crippen molar-refractivity contribution >= 4 is 0 Å². The minimum atomic E-state index is -0.0423. The Balaban J connectivity index is 1.87. The van der Waals surface area contributed by atoms with Crippen LogP contribution < -0.4 is 0 Å². The first kappa shape index (κ1) is 15.8. The van der Waals surface area contributed by atoms with E-state index in [1.54, 1.807) is 7.11 Å². The maximum Gasteiger partial charge on any atom is 0.160 e. The summed E-state index contributed by atoms with van der Waals surface area (Å²) in [6.45, 7) is 2.96. The maximum absolute atomic E-state index is 6.10. The third kappa shape index (κ3) is 4.46. The summed E-state index contributed by atoms with van der Waals surface area (Å²) < 4.78 is 11.8. The van der Waals surface area contributed by atoms with Gasteiger partial charge in [0, 0.05) is 13.0 Å². The van der Waals surface area contributed by atoms with Crippen LogP contribution in [0.1, 0.15) is 58.3 Å². The second-order valence-electron chi connectivity index (χ2n) is 6.14. The molecule has 2 aliphatic carbocycles. The monoisotopic (exact) mass is 278 g/mol. The van der Waals surface area contributed by atoms with Gasteiger partial charge < -0.3 is 9.47 Å². The van der Waals surface area contributed by atoms with Gasteiger partial charge in [0.2, 0.25) is 0 Å². The lowest BCUT2D eigenvalue weighted by atomic mass is 9.78. The Kier molecular flexibility index (Phi) is 6.81. The maximum atomic E-state index is 6.10. The molecule has 2 heteroatoms. The lowest BCUT2D eigenvalue weighted by Crippen LogP contribution is -2.33. The summed E-state index contributed by atoms with van der Waals surface area (Å²) in [5, 5.41) is 0. The SMILES string of the molecule is CCC(C1CCCCC1)C(OC)OCC1=CCCC=C1. The van der Waals surface area contributed by atoms with E-state index in [1.807, 2.05) is 0 Å². The first-order valence-electron chi connectivity index (χ1n) is 8.35. The molecule has 0 N–H and O–H groups in total. The molecule has 0 aromatic carbocycles. The minimum Gasteiger partial charge on any atom is -0.356 e. The van der Waals surface area contributed by atoms with E-state index in [0.29, 0.717) is 12.5 Å². The molecule has 0 aliphatic heterocycles. The van der Waals surface area contributed by atoms with Crippen LogP contribution in [0, 0.1) is 11.8 Å². The van der Waals surface area contributed by atoms with Crippen molar-refractivity contribution in [2.45, 2.75) is 64.6 Å². The van der Waals surface area contributed by atoms with E-state index < -0.39 is 0 Å². The summed E-state index contributed by atoms with van der Waals surface area (Å²) in [6.07, 6.45) is 17.0. The van der Waals surface area contributed by atoms with Gasteiger partial charge in [-0.15, -0.1) is 0 Å². The van der Waals surface area contributed by atoms with Gasteiger partial charge in [-0.3, -0.25) is 0 Å². The molecule has 0 saturated heterocycles. The molecule has 2 rings (SSSR count). The van der Waals surface area contributed by atoms with Gasteiger partial charge >= 0.3 is 0 Å². The van der Waals surface area contributed by atoms with E-state index in [9.17, 15) is 0 Å². The molecule has 0 heterocycles. The van der Waals surface area contributed by atoms with E-state index >= 15 is 0 Å². The average Bonchev–Trinajstić information content (AvgIpc) is 2.53. The molecular formula is C18H30O2. The Bertz CT molecular complexity index is 326. The zero-order chi connectivity index (χ0) is 14.2. The van der Waals surface area contributed by atoms with Crippen molar-refractivity contribution in [3.63, 3.8) is 0 Å². The van der Waals surface area contributed by atoms with Gasteiger partial charge in [0.15, 0.2) is 6.29 Å². The molecule has 0 radical (unpaired) electrons. The van der Waals surface area contributed by atoms with Crippen molar-refractivity contribution in [2.24, 2.45) is 11.8 Å². The Hall–Kier alpha value is -0.600. The third-order valence-electron chi connectivity index (χ3n) is 4.79. The number of methoxy groups -OCH3 is 1. The normalized spacial score (nSPS) is 23.4. The summed E-state index contributed by atoms with van der Waals surface area (Å²) in [5.41, 5.74) is 1.30. The van der Waals surface area contributed by atoms with E-state index in [2.05, 4.69) is 25.2 Å². The van der Waals surface area contributed by atoms with Crippen molar-refractivity contribution in [2.75, 3.05) is 13.7 Å². The quantitative estimate of drug-likeness (QED) is 0.619. The lowest BCUT2D eigenvalue weighted by Gasteiger charge is -2.34. The topological polar surface area (TPSA) is 18.5 Å². The molecule has 20 heavy (non-hydrogen) atoms. The first-order valence-corrected chi connectivity index (χ1v) is 8.35. The van der Waals surface area contributed by atoms with Crippen LogP contribution >= 0.6 is 0 Å². The Morgan fingerprint density at radius 1 is 1.20 bits per heavy atom. The fraction of sp³-hybridized carbons (Fsp3) is 0.778. The van der Waals surface area contributed by atoms with Crippen molar-refractivity contribution in [1.82, 2.24) is 0 Å². The Labute approximate surface area is 124 Å². The van der Waals surface area contributed by atoms with Crippen LogP contribution in [0.3, 0.4) is 0 Å². The van der Waals surface area contributed by atoms with E-state index in [0.717, 1.165) is 25.2 Å². The standard InChI is InChI=1S/C18H30O2/c1-3-17(16-12-8-5-9-13-16)18(19-2)20-14-15-10-6-4-7-11-15/h6,10-11,16-18H,3-5,7-9,12-14H2,1-2H3. The summed E-state index contributed by atoms with van der Waals surface area (Å²) in [7, 11) is 1.79. The van der Waals surface area contributed by atoms with Crippen molar-refractivity contribution in [1.29, 1.82) is 0 Å². The Morgan fingerprint density at radius 3 is 2.60 bits per heavy atom. The average molecular weight is 278 g/mol. The molecule has 1 fully saturated rings. The molecule has 0 aromatic rings. The number of ether oxygens (including phenoxy) is 2. The number of hydrogen-bond donors (Lipinski definition) is 0. The van der Waals surface area contributed by atoms with E-state index in [1.165, 1.54) is 37.7 Å². The number of rotatable bonds is 7. The van der Waals surface area contributed by atoms with Crippen LogP contribution in [0.2, 0.25) is 0 Å².